The van der Waals surface area contributed by atoms with Crippen molar-refractivity contribution in [2.45, 2.75) is 18.7 Å². The molecule has 0 aliphatic rings. The van der Waals surface area contributed by atoms with Crippen molar-refractivity contribution in [1.82, 2.24) is 0 Å². The van der Waals surface area contributed by atoms with Crippen LogP contribution >= 0.6 is 0 Å². The van der Waals surface area contributed by atoms with E-state index < -0.39 is 21.9 Å². The average molecular weight is 499 g/mol. The minimum absolute atomic E-state index is 0.0462. The van der Waals surface area contributed by atoms with E-state index >= 15 is 0 Å². The van der Waals surface area contributed by atoms with Gasteiger partial charge in [0.1, 0.15) is 11.5 Å². The van der Waals surface area contributed by atoms with Gasteiger partial charge >= 0.3 is 5.97 Å². The summed E-state index contributed by atoms with van der Waals surface area (Å²) in [5.41, 5.74) is 1.28. The molecule has 0 bridgehead atoms. The Bertz CT molecular complexity index is 1240. The summed E-state index contributed by atoms with van der Waals surface area (Å²) in [4.78, 5) is 23.9. The van der Waals surface area contributed by atoms with Crippen LogP contribution in [0.4, 0.5) is 11.4 Å². The largest absolute Gasteiger partial charge is 0.494 e. The molecule has 0 fully saturated rings. The second kappa shape index (κ2) is 11.9. The Kier molecular flexibility index (Phi) is 8.69. The van der Waals surface area contributed by atoms with Crippen LogP contribution in [0.2, 0.25) is 0 Å². The van der Waals surface area contributed by atoms with Crippen molar-refractivity contribution in [2.24, 2.45) is 0 Å². The van der Waals surface area contributed by atoms with E-state index in [1.54, 1.807) is 55.5 Å². The maximum absolute atomic E-state index is 12.6. The number of hydrogen-bond acceptors (Lipinski definition) is 7. The summed E-state index contributed by atoms with van der Waals surface area (Å²) in [6.07, 6.45) is 0. The van der Waals surface area contributed by atoms with Crippen LogP contribution in [0.25, 0.3) is 0 Å². The lowest BCUT2D eigenvalue weighted by Crippen LogP contribution is -2.20. The van der Waals surface area contributed by atoms with Gasteiger partial charge in [0.15, 0.2) is 6.61 Å². The first-order valence-electron chi connectivity index (χ1n) is 10.9. The van der Waals surface area contributed by atoms with E-state index in [0.29, 0.717) is 35.0 Å². The van der Waals surface area contributed by atoms with Crippen molar-refractivity contribution in [1.29, 1.82) is 0 Å². The number of sulfonamides is 1. The molecule has 10 heteroatoms. The Labute approximate surface area is 204 Å². The third-order valence-electron chi connectivity index (χ3n) is 4.60. The van der Waals surface area contributed by atoms with E-state index in [4.69, 9.17) is 14.2 Å². The predicted octanol–water partition coefficient (Wildman–Crippen LogP) is 4.08. The minimum atomic E-state index is -3.80. The van der Waals surface area contributed by atoms with Gasteiger partial charge in [-0.2, -0.15) is 0 Å². The minimum Gasteiger partial charge on any atom is -0.494 e. The molecule has 2 N–H and O–H groups in total. The number of hydrogen-bond donors (Lipinski definition) is 2. The lowest BCUT2D eigenvalue weighted by molar-refractivity contribution is -0.118. The lowest BCUT2D eigenvalue weighted by atomic mass is 10.2. The highest BCUT2D eigenvalue weighted by Crippen LogP contribution is 2.21. The van der Waals surface area contributed by atoms with E-state index in [-0.39, 0.29) is 18.1 Å². The number of carbonyl (C=O) groups excluding carboxylic acids is 2. The Morgan fingerprint density at radius 3 is 1.91 bits per heavy atom. The third-order valence-corrected chi connectivity index (χ3v) is 6.00. The molecule has 0 radical (unpaired) electrons. The highest BCUT2D eigenvalue weighted by atomic mass is 32.2. The van der Waals surface area contributed by atoms with Crippen LogP contribution in [0.1, 0.15) is 24.2 Å². The van der Waals surface area contributed by atoms with Crippen LogP contribution in [-0.2, 0) is 19.6 Å². The molecular weight excluding hydrogens is 472 g/mol. The van der Waals surface area contributed by atoms with Crippen molar-refractivity contribution in [3.63, 3.8) is 0 Å². The van der Waals surface area contributed by atoms with Gasteiger partial charge in [-0.1, -0.05) is 0 Å². The van der Waals surface area contributed by atoms with Gasteiger partial charge in [0.05, 0.1) is 23.7 Å². The summed E-state index contributed by atoms with van der Waals surface area (Å²) in [5.74, 6) is 0.129. The van der Waals surface area contributed by atoms with Crippen molar-refractivity contribution in [2.75, 3.05) is 29.9 Å². The summed E-state index contributed by atoms with van der Waals surface area (Å²) < 4.78 is 43.4. The molecule has 9 nitrogen and oxygen atoms in total. The molecule has 1 amide bonds. The van der Waals surface area contributed by atoms with Gasteiger partial charge in [-0.25, -0.2) is 13.2 Å². The van der Waals surface area contributed by atoms with Crippen molar-refractivity contribution < 1.29 is 32.2 Å². The van der Waals surface area contributed by atoms with E-state index in [2.05, 4.69) is 10.0 Å². The van der Waals surface area contributed by atoms with Crippen LogP contribution in [0.5, 0.6) is 11.5 Å². The summed E-state index contributed by atoms with van der Waals surface area (Å²) in [6.45, 7) is 4.10. The van der Waals surface area contributed by atoms with E-state index in [9.17, 15) is 18.0 Å². The lowest BCUT2D eigenvalue weighted by Gasteiger charge is -2.11. The highest BCUT2D eigenvalue weighted by molar-refractivity contribution is 7.92. The van der Waals surface area contributed by atoms with E-state index in [1.807, 2.05) is 6.92 Å². The molecule has 0 aromatic heterocycles. The average Bonchev–Trinajstić information content (AvgIpc) is 2.85. The molecular formula is C25H26N2O7S. The number of nitrogens with one attached hydrogen (secondary N) is 2. The van der Waals surface area contributed by atoms with Gasteiger partial charge in [-0.3, -0.25) is 9.52 Å². The number of anilines is 2. The molecule has 0 atom stereocenters. The molecule has 0 aliphatic heterocycles. The van der Waals surface area contributed by atoms with Crippen molar-refractivity contribution in [3.05, 3.63) is 78.4 Å². The van der Waals surface area contributed by atoms with Gasteiger partial charge in [0, 0.05) is 11.4 Å². The summed E-state index contributed by atoms with van der Waals surface area (Å²) in [6, 6.07) is 18.6. The van der Waals surface area contributed by atoms with Crippen molar-refractivity contribution >= 4 is 33.3 Å². The molecule has 0 unspecified atom stereocenters. The fraction of sp³-hybridized carbons (Fsp3) is 0.200. The molecule has 0 saturated heterocycles. The number of esters is 1. The quantitative estimate of drug-likeness (QED) is 0.382. The number of ether oxygens (including phenoxy) is 3. The molecule has 3 aromatic carbocycles. The maximum atomic E-state index is 12.6. The Hall–Kier alpha value is -4.05. The highest BCUT2D eigenvalue weighted by Gasteiger charge is 2.15. The van der Waals surface area contributed by atoms with Crippen LogP contribution < -0.4 is 19.5 Å². The summed E-state index contributed by atoms with van der Waals surface area (Å²) in [5, 5.41) is 2.65. The van der Waals surface area contributed by atoms with E-state index in [1.165, 1.54) is 24.3 Å². The number of carbonyl (C=O) groups is 2. The molecule has 0 aliphatic carbocycles. The van der Waals surface area contributed by atoms with Crippen LogP contribution in [0.3, 0.4) is 0 Å². The first-order valence-corrected chi connectivity index (χ1v) is 12.3. The van der Waals surface area contributed by atoms with E-state index in [0.717, 1.165) is 0 Å². The Balaban J connectivity index is 1.52. The van der Waals surface area contributed by atoms with Gasteiger partial charge in [0.2, 0.25) is 0 Å². The van der Waals surface area contributed by atoms with Crippen LogP contribution in [0.15, 0.2) is 77.7 Å². The molecule has 3 rings (SSSR count). The third kappa shape index (κ3) is 7.47. The molecule has 0 saturated carbocycles. The Morgan fingerprint density at radius 1 is 0.743 bits per heavy atom. The number of benzene rings is 3. The van der Waals surface area contributed by atoms with Gasteiger partial charge in [-0.15, -0.1) is 0 Å². The predicted molar refractivity (Wildman–Crippen MR) is 131 cm³/mol. The van der Waals surface area contributed by atoms with Gasteiger partial charge in [-0.05, 0) is 86.6 Å². The molecule has 35 heavy (non-hydrogen) atoms. The topological polar surface area (TPSA) is 120 Å². The van der Waals surface area contributed by atoms with Gasteiger partial charge in [0.25, 0.3) is 15.9 Å². The smallest absolute Gasteiger partial charge is 0.338 e. The monoisotopic (exact) mass is 498 g/mol. The molecule has 0 heterocycles. The maximum Gasteiger partial charge on any atom is 0.338 e. The van der Waals surface area contributed by atoms with Crippen LogP contribution in [0, 0.1) is 0 Å². The first-order chi connectivity index (χ1) is 16.8. The normalized spacial score (nSPS) is 10.8. The van der Waals surface area contributed by atoms with Crippen molar-refractivity contribution in [3.8, 4) is 11.5 Å². The number of rotatable bonds is 11. The zero-order valence-corrected chi connectivity index (χ0v) is 20.1. The van der Waals surface area contributed by atoms with Gasteiger partial charge < -0.3 is 19.5 Å². The molecule has 184 valence electrons. The standard InChI is InChI=1S/C25H26N2O7S/c1-3-32-21-11-9-20(10-12-21)27-35(30,31)23-15-13-22(14-16-23)34-17-24(28)26-19-7-5-18(6-8-19)25(29)33-4-2/h5-16,27H,3-4,17H2,1-2H3,(H,26,28). The number of amides is 1. The first kappa shape index (κ1) is 25.6. The summed E-state index contributed by atoms with van der Waals surface area (Å²) in [7, 11) is -3.80. The summed E-state index contributed by atoms with van der Waals surface area (Å²) >= 11 is 0. The van der Waals surface area contributed by atoms with Crippen LogP contribution in [-0.4, -0.2) is 40.1 Å². The molecule has 0 spiro atoms. The SMILES string of the molecule is CCOC(=O)c1ccc(NC(=O)COc2ccc(S(=O)(=O)Nc3ccc(OCC)cc3)cc2)cc1. The molecule has 3 aromatic rings. The second-order valence-electron chi connectivity index (χ2n) is 7.17. The zero-order valence-electron chi connectivity index (χ0n) is 19.3. The fourth-order valence-corrected chi connectivity index (χ4v) is 4.02. The fourth-order valence-electron chi connectivity index (χ4n) is 2.96. The zero-order chi connectivity index (χ0) is 25.3. The second-order valence-corrected chi connectivity index (χ2v) is 8.85. The Morgan fingerprint density at radius 2 is 1.31 bits per heavy atom.